The summed E-state index contributed by atoms with van der Waals surface area (Å²) in [4.78, 5) is 11.2. The van der Waals surface area contributed by atoms with Crippen LogP contribution in [-0.4, -0.2) is 19.6 Å². The van der Waals surface area contributed by atoms with E-state index in [2.05, 4.69) is 39.5 Å². The monoisotopic (exact) mass is 323 g/mol. The molecule has 1 N–H and O–H groups in total. The van der Waals surface area contributed by atoms with E-state index in [1.807, 2.05) is 6.92 Å². The predicted octanol–water partition coefficient (Wildman–Crippen LogP) is 3.31. The van der Waals surface area contributed by atoms with Gasteiger partial charge in [0.15, 0.2) is 0 Å². The van der Waals surface area contributed by atoms with Crippen molar-refractivity contribution in [3.63, 3.8) is 0 Å². The number of allylic oxidation sites excluding steroid dienone is 1. The molecule has 0 aliphatic heterocycles. The Bertz CT molecular complexity index is 523. The lowest BCUT2D eigenvalue weighted by Gasteiger charge is -2.10. The summed E-state index contributed by atoms with van der Waals surface area (Å²) in [6.45, 7) is 2.55. The second kappa shape index (κ2) is 6.24. The molecule has 2 rings (SSSR count). The minimum absolute atomic E-state index is 0.104. The molecule has 102 valence electrons. The highest BCUT2D eigenvalue weighted by atomic mass is 79.9. The summed E-state index contributed by atoms with van der Waals surface area (Å²) in [5, 5.41) is 2.91. The molecule has 1 aliphatic rings. The number of hydrogen-bond donors (Lipinski definition) is 1. The number of benzene rings is 1. The van der Waals surface area contributed by atoms with Gasteiger partial charge in [0.25, 0.3) is 0 Å². The molecule has 1 amide bonds. The Kier molecular flexibility index (Phi) is 4.64. The molecule has 1 aromatic carbocycles. The Labute approximate surface area is 122 Å². The van der Waals surface area contributed by atoms with E-state index in [0.717, 1.165) is 23.1 Å². The SMILES string of the molecule is CCC(=O)NCCC1=CCc2cc(Br)c(OC)cc21. The summed E-state index contributed by atoms with van der Waals surface area (Å²) in [7, 11) is 1.67. The second-order valence-corrected chi connectivity index (χ2v) is 5.39. The van der Waals surface area contributed by atoms with Crippen molar-refractivity contribution in [3.05, 3.63) is 33.8 Å². The van der Waals surface area contributed by atoms with Gasteiger partial charge in [-0.25, -0.2) is 0 Å². The third-order valence-electron chi connectivity index (χ3n) is 3.33. The second-order valence-electron chi connectivity index (χ2n) is 4.53. The van der Waals surface area contributed by atoms with E-state index >= 15 is 0 Å². The first-order valence-corrected chi connectivity index (χ1v) is 7.27. The fraction of sp³-hybridized carbons (Fsp3) is 0.400. The van der Waals surface area contributed by atoms with E-state index in [9.17, 15) is 4.79 Å². The number of fused-ring (bicyclic) bond motifs is 1. The van der Waals surface area contributed by atoms with Crippen LogP contribution in [0, 0.1) is 0 Å². The Morgan fingerprint density at radius 2 is 2.26 bits per heavy atom. The highest BCUT2D eigenvalue weighted by molar-refractivity contribution is 9.10. The summed E-state index contributed by atoms with van der Waals surface area (Å²) in [5.74, 6) is 0.955. The van der Waals surface area contributed by atoms with Crippen LogP contribution < -0.4 is 10.1 Å². The van der Waals surface area contributed by atoms with E-state index in [-0.39, 0.29) is 5.91 Å². The number of ether oxygens (including phenoxy) is 1. The molecule has 0 unspecified atom stereocenters. The van der Waals surface area contributed by atoms with Gasteiger partial charge in [-0.1, -0.05) is 13.0 Å². The lowest BCUT2D eigenvalue weighted by Crippen LogP contribution is -2.23. The van der Waals surface area contributed by atoms with Gasteiger partial charge in [-0.2, -0.15) is 0 Å². The smallest absolute Gasteiger partial charge is 0.219 e. The van der Waals surface area contributed by atoms with Crippen LogP contribution >= 0.6 is 15.9 Å². The number of nitrogens with one attached hydrogen (secondary N) is 1. The highest BCUT2D eigenvalue weighted by Gasteiger charge is 2.16. The number of hydrogen-bond acceptors (Lipinski definition) is 2. The summed E-state index contributed by atoms with van der Waals surface area (Å²) < 4.78 is 6.32. The molecule has 0 saturated heterocycles. The Balaban J connectivity index is 2.06. The topological polar surface area (TPSA) is 38.3 Å². The molecule has 0 atom stereocenters. The molecule has 0 heterocycles. The number of rotatable bonds is 5. The van der Waals surface area contributed by atoms with Crippen LogP contribution in [0.4, 0.5) is 0 Å². The zero-order chi connectivity index (χ0) is 13.8. The zero-order valence-corrected chi connectivity index (χ0v) is 12.8. The zero-order valence-electron chi connectivity index (χ0n) is 11.3. The molecule has 1 aromatic rings. The Morgan fingerprint density at radius 3 is 2.95 bits per heavy atom. The summed E-state index contributed by atoms with van der Waals surface area (Å²) in [5.41, 5.74) is 3.84. The van der Waals surface area contributed by atoms with Gasteiger partial charge in [-0.15, -0.1) is 0 Å². The fourth-order valence-corrected chi connectivity index (χ4v) is 2.81. The molecule has 4 heteroatoms. The van der Waals surface area contributed by atoms with E-state index in [1.54, 1.807) is 7.11 Å². The van der Waals surface area contributed by atoms with Gasteiger partial charge in [0.1, 0.15) is 5.75 Å². The molecular formula is C15H18BrNO2. The van der Waals surface area contributed by atoms with Crippen LogP contribution in [-0.2, 0) is 11.2 Å². The first-order chi connectivity index (χ1) is 9.15. The molecule has 0 spiro atoms. The minimum Gasteiger partial charge on any atom is -0.496 e. The first kappa shape index (κ1) is 14.1. The molecule has 0 saturated carbocycles. The third kappa shape index (κ3) is 3.18. The van der Waals surface area contributed by atoms with Gasteiger partial charge >= 0.3 is 0 Å². The average Bonchev–Trinajstić information content (AvgIpc) is 2.79. The quantitative estimate of drug-likeness (QED) is 0.902. The lowest BCUT2D eigenvalue weighted by atomic mass is 10.0. The van der Waals surface area contributed by atoms with Crippen LogP contribution in [0.3, 0.4) is 0 Å². The average molecular weight is 324 g/mol. The number of carbonyl (C=O) groups excluding carboxylic acids is 1. The number of amides is 1. The first-order valence-electron chi connectivity index (χ1n) is 6.48. The summed E-state index contributed by atoms with van der Waals surface area (Å²) in [6.07, 6.45) is 4.59. The van der Waals surface area contributed by atoms with Crippen molar-refractivity contribution in [1.82, 2.24) is 5.32 Å². The van der Waals surface area contributed by atoms with Gasteiger partial charge in [0.2, 0.25) is 5.91 Å². The minimum atomic E-state index is 0.104. The highest BCUT2D eigenvalue weighted by Crippen LogP contribution is 2.36. The third-order valence-corrected chi connectivity index (χ3v) is 3.95. The maximum Gasteiger partial charge on any atom is 0.219 e. The van der Waals surface area contributed by atoms with E-state index in [0.29, 0.717) is 13.0 Å². The molecular weight excluding hydrogens is 306 g/mol. The van der Waals surface area contributed by atoms with Gasteiger partial charge in [0, 0.05) is 13.0 Å². The molecule has 0 bridgehead atoms. The molecule has 3 nitrogen and oxygen atoms in total. The van der Waals surface area contributed by atoms with Crippen LogP contribution in [0.2, 0.25) is 0 Å². The van der Waals surface area contributed by atoms with Crippen molar-refractivity contribution < 1.29 is 9.53 Å². The van der Waals surface area contributed by atoms with Crippen LogP contribution in [0.5, 0.6) is 5.75 Å². The van der Waals surface area contributed by atoms with Gasteiger partial charge in [-0.05, 0) is 57.6 Å². The van der Waals surface area contributed by atoms with Crippen LogP contribution in [0.25, 0.3) is 5.57 Å². The predicted molar refractivity (Wildman–Crippen MR) is 80.3 cm³/mol. The molecule has 0 fully saturated rings. The van der Waals surface area contributed by atoms with Crippen molar-refractivity contribution in [1.29, 1.82) is 0 Å². The van der Waals surface area contributed by atoms with Crippen molar-refractivity contribution in [2.45, 2.75) is 26.2 Å². The van der Waals surface area contributed by atoms with Crippen molar-refractivity contribution in [2.24, 2.45) is 0 Å². The van der Waals surface area contributed by atoms with E-state index in [1.165, 1.54) is 16.7 Å². The lowest BCUT2D eigenvalue weighted by molar-refractivity contribution is -0.120. The van der Waals surface area contributed by atoms with Gasteiger partial charge in [-0.3, -0.25) is 4.79 Å². The van der Waals surface area contributed by atoms with Crippen LogP contribution in [0.1, 0.15) is 30.9 Å². The van der Waals surface area contributed by atoms with Crippen molar-refractivity contribution >= 4 is 27.4 Å². The van der Waals surface area contributed by atoms with Crippen molar-refractivity contribution in [2.75, 3.05) is 13.7 Å². The summed E-state index contributed by atoms with van der Waals surface area (Å²) >= 11 is 3.51. The molecule has 0 aromatic heterocycles. The van der Waals surface area contributed by atoms with Crippen molar-refractivity contribution in [3.8, 4) is 5.75 Å². The maximum atomic E-state index is 11.2. The standard InChI is InChI=1S/C15H18BrNO2/c1-3-15(18)17-7-6-10-4-5-11-8-13(16)14(19-2)9-12(10)11/h4,8-9H,3,5-7H2,1-2H3,(H,17,18). The maximum absolute atomic E-state index is 11.2. The number of halogens is 1. The van der Waals surface area contributed by atoms with Gasteiger partial charge in [0.05, 0.1) is 11.6 Å². The van der Waals surface area contributed by atoms with Crippen LogP contribution in [0.15, 0.2) is 22.7 Å². The van der Waals surface area contributed by atoms with Gasteiger partial charge < -0.3 is 10.1 Å². The number of carbonyl (C=O) groups is 1. The van der Waals surface area contributed by atoms with E-state index in [4.69, 9.17) is 4.74 Å². The Morgan fingerprint density at radius 1 is 1.47 bits per heavy atom. The molecule has 0 radical (unpaired) electrons. The largest absolute Gasteiger partial charge is 0.496 e. The van der Waals surface area contributed by atoms with E-state index < -0.39 is 0 Å². The Hall–Kier alpha value is -1.29. The number of methoxy groups -OCH3 is 1. The molecule has 1 aliphatic carbocycles. The molecule has 19 heavy (non-hydrogen) atoms. The normalized spacial score (nSPS) is 12.9. The summed E-state index contributed by atoms with van der Waals surface area (Å²) in [6, 6.07) is 4.18. The fourth-order valence-electron chi connectivity index (χ4n) is 2.26.